The number of rotatable bonds is 7. The van der Waals surface area contributed by atoms with Gasteiger partial charge in [0.05, 0.1) is 19.8 Å². The van der Waals surface area contributed by atoms with E-state index in [0.29, 0.717) is 24.5 Å². The minimum absolute atomic E-state index is 0.0416. The summed E-state index contributed by atoms with van der Waals surface area (Å²) in [5, 5.41) is 3.84. The zero-order chi connectivity index (χ0) is 18.4. The lowest BCUT2D eigenvalue weighted by molar-refractivity contribution is -0.122. The van der Waals surface area contributed by atoms with Crippen LogP contribution in [-0.4, -0.2) is 25.4 Å². The van der Waals surface area contributed by atoms with Gasteiger partial charge in [-0.05, 0) is 60.9 Å². The Balaban J connectivity index is 1.44. The molecule has 3 rings (SSSR count). The maximum atomic E-state index is 12.3. The Morgan fingerprint density at radius 2 is 2.00 bits per heavy atom. The molecule has 26 heavy (non-hydrogen) atoms. The van der Waals surface area contributed by atoms with E-state index in [-0.39, 0.29) is 11.9 Å². The predicted octanol–water partition coefficient (Wildman–Crippen LogP) is 4.86. The predicted molar refractivity (Wildman–Crippen MR) is 105 cm³/mol. The third-order valence-electron chi connectivity index (χ3n) is 4.22. The normalized spacial score (nSPS) is 15.8. The number of hydrogen-bond acceptors (Lipinski definition) is 4. The van der Waals surface area contributed by atoms with Crippen molar-refractivity contribution in [3.63, 3.8) is 0 Å². The Morgan fingerprint density at radius 3 is 2.77 bits per heavy atom. The highest BCUT2D eigenvalue weighted by molar-refractivity contribution is 7.99. The lowest BCUT2D eigenvalue weighted by atomic mass is 10.0. The van der Waals surface area contributed by atoms with E-state index >= 15 is 0 Å². The van der Waals surface area contributed by atoms with E-state index in [9.17, 15) is 4.79 Å². The van der Waals surface area contributed by atoms with Crippen molar-refractivity contribution in [2.24, 2.45) is 0 Å². The minimum Gasteiger partial charge on any atom is -0.497 e. The number of methoxy groups -OCH3 is 1. The van der Waals surface area contributed by atoms with Gasteiger partial charge >= 0.3 is 0 Å². The number of carbonyl (C=O) groups excluding carboxylic acids is 1. The summed E-state index contributed by atoms with van der Waals surface area (Å²) in [5.41, 5.74) is 1.12. The van der Waals surface area contributed by atoms with Crippen LogP contribution in [0.3, 0.4) is 0 Å². The standard InChI is InChI=1S/C20H22ClNO3S/c1-24-15-5-7-16(8-6-15)25-11-2-3-20(23)22-18-10-12-26-19-9-4-14(21)13-17(18)19/h4-9,13,18H,2-3,10-12H2,1H3,(H,22,23). The number of halogens is 1. The maximum Gasteiger partial charge on any atom is 0.220 e. The first-order valence-corrected chi connectivity index (χ1v) is 10.0. The second-order valence-corrected chi connectivity index (χ2v) is 7.64. The summed E-state index contributed by atoms with van der Waals surface area (Å²) < 4.78 is 10.8. The van der Waals surface area contributed by atoms with Gasteiger partial charge in [0.25, 0.3) is 0 Å². The SMILES string of the molecule is COc1ccc(OCCCC(=O)NC2CCSc3ccc(Cl)cc32)cc1. The number of nitrogens with one attached hydrogen (secondary N) is 1. The Kier molecular flexibility index (Phi) is 6.69. The van der Waals surface area contributed by atoms with Crippen LogP contribution in [-0.2, 0) is 4.79 Å². The minimum atomic E-state index is 0.0416. The molecule has 6 heteroatoms. The molecule has 1 unspecified atom stereocenters. The molecule has 1 atom stereocenters. The monoisotopic (exact) mass is 391 g/mol. The third kappa shape index (κ3) is 5.08. The van der Waals surface area contributed by atoms with E-state index in [4.69, 9.17) is 21.1 Å². The molecule has 1 amide bonds. The van der Waals surface area contributed by atoms with Gasteiger partial charge in [0.2, 0.25) is 5.91 Å². The van der Waals surface area contributed by atoms with Crippen molar-refractivity contribution >= 4 is 29.3 Å². The molecule has 1 aliphatic rings. The van der Waals surface area contributed by atoms with Crippen molar-refractivity contribution in [1.82, 2.24) is 5.32 Å². The Labute approximate surface area is 163 Å². The molecular weight excluding hydrogens is 370 g/mol. The third-order valence-corrected chi connectivity index (χ3v) is 5.58. The lowest BCUT2D eigenvalue weighted by Gasteiger charge is -2.26. The smallest absolute Gasteiger partial charge is 0.220 e. The molecule has 0 aromatic heterocycles. The summed E-state index contributed by atoms with van der Waals surface area (Å²) in [6.07, 6.45) is 2.03. The highest BCUT2D eigenvalue weighted by Crippen LogP contribution is 2.37. The first-order valence-electron chi connectivity index (χ1n) is 8.64. The van der Waals surface area contributed by atoms with Crippen LogP contribution in [0.1, 0.15) is 30.9 Å². The molecule has 0 spiro atoms. The zero-order valence-corrected chi connectivity index (χ0v) is 16.2. The van der Waals surface area contributed by atoms with Crippen molar-refractivity contribution in [2.75, 3.05) is 19.5 Å². The Hall–Kier alpha value is -1.85. The summed E-state index contributed by atoms with van der Waals surface area (Å²) in [6, 6.07) is 13.4. The van der Waals surface area contributed by atoms with Gasteiger partial charge in [-0.1, -0.05) is 11.6 Å². The van der Waals surface area contributed by atoms with Gasteiger partial charge in [-0.2, -0.15) is 0 Å². The van der Waals surface area contributed by atoms with E-state index in [1.165, 1.54) is 4.90 Å². The molecule has 2 aromatic carbocycles. The van der Waals surface area contributed by atoms with Gasteiger partial charge in [0.1, 0.15) is 11.5 Å². The van der Waals surface area contributed by atoms with Crippen LogP contribution >= 0.6 is 23.4 Å². The van der Waals surface area contributed by atoms with Crippen LogP contribution in [0.4, 0.5) is 0 Å². The molecule has 0 aliphatic carbocycles. The molecule has 2 aromatic rings. The number of fused-ring (bicyclic) bond motifs is 1. The second kappa shape index (κ2) is 9.19. The van der Waals surface area contributed by atoms with Gasteiger partial charge in [0, 0.05) is 22.1 Å². The average molecular weight is 392 g/mol. The van der Waals surface area contributed by atoms with Crippen molar-refractivity contribution in [1.29, 1.82) is 0 Å². The molecular formula is C20H22ClNO3S. The fraction of sp³-hybridized carbons (Fsp3) is 0.350. The summed E-state index contributed by atoms with van der Waals surface area (Å²) in [4.78, 5) is 13.5. The van der Waals surface area contributed by atoms with E-state index in [2.05, 4.69) is 5.32 Å². The summed E-state index contributed by atoms with van der Waals surface area (Å²) in [5.74, 6) is 2.62. The highest BCUT2D eigenvalue weighted by atomic mass is 35.5. The molecule has 0 fully saturated rings. The molecule has 138 valence electrons. The van der Waals surface area contributed by atoms with Gasteiger partial charge < -0.3 is 14.8 Å². The molecule has 1 aliphatic heterocycles. The zero-order valence-electron chi connectivity index (χ0n) is 14.7. The van der Waals surface area contributed by atoms with Crippen molar-refractivity contribution in [3.05, 3.63) is 53.1 Å². The van der Waals surface area contributed by atoms with Gasteiger partial charge in [-0.25, -0.2) is 0 Å². The summed E-state index contributed by atoms with van der Waals surface area (Å²) in [7, 11) is 1.63. The van der Waals surface area contributed by atoms with Crippen molar-refractivity contribution in [2.45, 2.75) is 30.2 Å². The number of thioether (sulfide) groups is 1. The molecule has 0 saturated carbocycles. The lowest BCUT2D eigenvalue weighted by Crippen LogP contribution is -2.30. The van der Waals surface area contributed by atoms with Crippen LogP contribution in [0.2, 0.25) is 5.02 Å². The van der Waals surface area contributed by atoms with Crippen LogP contribution < -0.4 is 14.8 Å². The fourth-order valence-corrected chi connectivity index (χ4v) is 4.16. The Morgan fingerprint density at radius 1 is 1.23 bits per heavy atom. The van der Waals surface area contributed by atoms with Crippen LogP contribution in [0.25, 0.3) is 0 Å². The summed E-state index contributed by atoms with van der Waals surface area (Å²) in [6.45, 7) is 0.503. The molecule has 4 nitrogen and oxygen atoms in total. The number of carbonyl (C=O) groups is 1. The number of benzene rings is 2. The molecule has 1 heterocycles. The fourth-order valence-electron chi connectivity index (χ4n) is 2.88. The van der Waals surface area contributed by atoms with Crippen LogP contribution in [0, 0.1) is 0 Å². The number of hydrogen-bond donors (Lipinski definition) is 1. The topological polar surface area (TPSA) is 47.6 Å². The molecule has 0 saturated heterocycles. The van der Waals surface area contributed by atoms with E-state index < -0.39 is 0 Å². The van der Waals surface area contributed by atoms with Crippen LogP contribution in [0.5, 0.6) is 11.5 Å². The van der Waals surface area contributed by atoms with E-state index in [0.717, 1.165) is 29.2 Å². The average Bonchev–Trinajstić information content (AvgIpc) is 2.66. The van der Waals surface area contributed by atoms with E-state index in [1.807, 2.05) is 54.2 Å². The molecule has 0 radical (unpaired) electrons. The van der Waals surface area contributed by atoms with Gasteiger partial charge in [-0.15, -0.1) is 11.8 Å². The van der Waals surface area contributed by atoms with Crippen molar-refractivity contribution in [3.8, 4) is 11.5 Å². The quantitative estimate of drug-likeness (QED) is 0.684. The number of amides is 1. The van der Waals surface area contributed by atoms with Gasteiger partial charge in [-0.3, -0.25) is 4.79 Å². The second-order valence-electron chi connectivity index (χ2n) is 6.07. The number of ether oxygens (including phenoxy) is 2. The van der Waals surface area contributed by atoms with Gasteiger partial charge in [0.15, 0.2) is 0 Å². The van der Waals surface area contributed by atoms with E-state index in [1.54, 1.807) is 7.11 Å². The Bertz CT molecular complexity index is 751. The highest BCUT2D eigenvalue weighted by Gasteiger charge is 2.22. The van der Waals surface area contributed by atoms with Crippen molar-refractivity contribution < 1.29 is 14.3 Å². The maximum absolute atomic E-state index is 12.3. The molecule has 0 bridgehead atoms. The first-order chi connectivity index (χ1) is 12.7. The first kappa shape index (κ1) is 18.9. The molecule has 1 N–H and O–H groups in total. The van der Waals surface area contributed by atoms with Crippen LogP contribution in [0.15, 0.2) is 47.4 Å². The largest absolute Gasteiger partial charge is 0.497 e. The summed E-state index contributed by atoms with van der Waals surface area (Å²) >= 11 is 7.92.